The minimum absolute atomic E-state index is 0.0323. The highest BCUT2D eigenvalue weighted by Gasteiger charge is 2.51. The molecule has 1 N–H and O–H groups in total. The van der Waals surface area contributed by atoms with Gasteiger partial charge in [-0.2, -0.15) is 0 Å². The van der Waals surface area contributed by atoms with E-state index in [-0.39, 0.29) is 17.2 Å². The molecule has 138 valence electrons. The van der Waals surface area contributed by atoms with Crippen LogP contribution in [0.5, 0.6) is 0 Å². The summed E-state index contributed by atoms with van der Waals surface area (Å²) in [6.07, 6.45) is 0.158. The van der Waals surface area contributed by atoms with Crippen LogP contribution in [0, 0.1) is 5.92 Å². The van der Waals surface area contributed by atoms with Crippen LogP contribution in [0.25, 0.3) is 0 Å². The van der Waals surface area contributed by atoms with Crippen LogP contribution in [-0.2, 0) is 24.1 Å². The number of hydrogen-bond acceptors (Lipinski definition) is 5. The molecule has 0 unspecified atom stereocenters. The Balaban J connectivity index is 2.14. The van der Waals surface area contributed by atoms with E-state index in [1.807, 2.05) is 41.5 Å². The number of carbonyl (C=O) groups is 1. The smallest absolute Gasteiger partial charge is 0.399 e. The standard InChI is InChI=1S/C17H26BNO5S/c1-12(2)11-15(20)19-25(21,22)14-9-7-13(8-10-14)18-23-16(3,4)17(5,6)24-18/h7-10,12H,11H2,1-6H3,(H,19,20). The number of amides is 1. The second kappa shape index (κ2) is 6.74. The number of sulfonamides is 1. The zero-order valence-electron chi connectivity index (χ0n) is 15.6. The van der Waals surface area contributed by atoms with Crippen molar-refractivity contribution in [3.63, 3.8) is 0 Å². The second-order valence-electron chi connectivity index (χ2n) is 7.78. The molecule has 1 aromatic rings. The Kier molecular flexibility index (Phi) is 5.38. The summed E-state index contributed by atoms with van der Waals surface area (Å²) in [7, 11) is -4.43. The fourth-order valence-electron chi connectivity index (χ4n) is 2.40. The van der Waals surface area contributed by atoms with Gasteiger partial charge in [0, 0.05) is 6.42 Å². The Bertz CT molecular complexity index is 725. The molecule has 1 aromatic carbocycles. The molecule has 8 heteroatoms. The number of hydrogen-bond donors (Lipinski definition) is 1. The topological polar surface area (TPSA) is 81.7 Å². The predicted octanol–water partition coefficient (Wildman–Crippen LogP) is 1.84. The van der Waals surface area contributed by atoms with Crippen molar-refractivity contribution in [1.29, 1.82) is 0 Å². The van der Waals surface area contributed by atoms with E-state index in [1.165, 1.54) is 12.1 Å². The Morgan fingerprint density at radius 3 is 2.00 bits per heavy atom. The van der Waals surface area contributed by atoms with Crippen molar-refractivity contribution in [2.24, 2.45) is 5.92 Å². The molecule has 25 heavy (non-hydrogen) atoms. The van der Waals surface area contributed by atoms with E-state index < -0.39 is 34.3 Å². The summed E-state index contributed by atoms with van der Waals surface area (Å²) in [6, 6.07) is 6.18. The van der Waals surface area contributed by atoms with E-state index in [0.717, 1.165) is 5.46 Å². The number of rotatable bonds is 5. The fourth-order valence-corrected chi connectivity index (χ4v) is 3.40. The van der Waals surface area contributed by atoms with Gasteiger partial charge in [0.15, 0.2) is 0 Å². The summed E-state index contributed by atoms with van der Waals surface area (Å²) in [6.45, 7) is 11.5. The summed E-state index contributed by atoms with van der Waals surface area (Å²) in [5.74, 6) is -0.425. The lowest BCUT2D eigenvalue weighted by atomic mass is 9.79. The molecule has 1 aliphatic rings. The van der Waals surface area contributed by atoms with E-state index in [0.29, 0.717) is 0 Å². The molecule has 1 saturated heterocycles. The van der Waals surface area contributed by atoms with Crippen molar-refractivity contribution in [2.75, 3.05) is 0 Å². The Labute approximate surface area is 150 Å². The van der Waals surface area contributed by atoms with Gasteiger partial charge in [-0.1, -0.05) is 26.0 Å². The van der Waals surface area contributed by atoms with Gasteiger partial charge in [-0.25, -0.2) is 13.1 Å². The lowest BCUT2D eigenvalue weighted by molar-refractivity contribution is -0.120. The molecule has 0 spiro atoms. The van der Waals surface area contributed by atoms with E-state index >= 15 is 0 Å². The fraction of sp³-hybridized carbons (Fsp3) is 0.588. The van der Waals surface area contributed by atoms with Gasteiger partial charge in [0.05, 0.1) is 16.1 Å². The van der Waals surface area contributed by atoms with Crippen molar-refractivity contribution < 1.29 is 22.5 Å². The maximum atomic E-state index is 12.3. The van der Waals surface area contributed by atoms with E-state index in [1.54, 1.807) is 12.1 Å². The largest absolute Gasteiger partial charge is 0.494 e. The molecule has 0 aromatic heterocycles. The molecular weight excluding hydrogens is 341 g/mol. The average molecular weight is 367 g/mol. The van der Waals surface area contributed by atoms with Gasteiger partial charge >= 0.3 is 7.12 Å². The SMILES string of the molecule is CC(C)CC(=O)NS(=O)(=O)c1ccc(B2OC(C)(C)C(C)(C)O2)cc1. The first-order valence-corrected chi connectivity index (χ1v) is 9.84. The van der Waals surface area contributed by atoms with Crippen LogP contribution in [0.2, 0.25) is 0 Å². The summed E-state index contributed by atoms with van der Waals surface area (Å²) < 4.78 is 38.5. The van der Waals surface area contributed by atoms with Gasteiger partial charge in [-0.05, 0) is 51.2 Å². The Morgan fingerprint density at radius 2 is 1.56 bits per heavy atom. The van der Waals surface area contributed by atoms with Crippen molar-refractivity contribution >= 4 is 28.5 Å². The van der Waals surface area contributed by atoms with Gasteiger partial charge in [0.25, 0.3) is 10.0 Å². The first kappa shape index (κ1) is 19.9. The van der Waals surface area contributed by atoms with Gasteiger partial charge in [0.2, 0.25) is 5.91 Å². The molecule has 0 aliphatic carbocycles. The number of carbonyl (C=O) groups excluding carboxylic acids is 1. The van der Waals surface area contributed by atoms with Crippen LogP contribution in [0.4, 0.5) is 0 Å². The van der Waals surface area contributed by atoms with Crippen LogP contribution in [0.15, 0.2) is 29.2 Å². The Hall–Kier alpha value is -1.38. The lowest BCUT2D eigenvalue weighted by Gasteiger charge is -2.32. The quantitative estimate of drug-likeness (QED) is 0.803. The molecule has 1 aliphatic heterocycles. The molecule has 1 heterocycles. The monoisotopic (exact) mass is 367 g/mol. The Morgan fingerprint density at radius 1 is 1.08 bits per heavy atom. The molecule has 0 radical (unpaired) electrons. The molecule has 0 saturated carbocycles. The van der Waals surface area contributed by atoms with Crippen LogP contribution in [0.1, 0.15) is 48.0 Å². The number of nitrogens with one attached hydrogen (secondary N) is 1. The number of benzene rings is 1. The highest BCUT2D eigenvalue weighted by atomic mass is 32.2. The third kappa shape index (κ3) is 4.43. The molecule has 0 atom stereocenters. The molecule has 1 fully saturated rings. The minimum Gasteiger partial charge on any atom is -0.399 e. The summed E-state index contributed by atoms with van der Waals surface area (Å²) in [4.78, 5) is 11.8. The summed E-state index contributed by atoms with van der Waals surface area (Å²) in [5, 5.41) is 0. The molecule has 6 nitrogen and oxygen atoms in total. The zero-order chi connectivity index (χ0) is 19.0. The van der Waals surface area contributed by atoms with Gasteiger partial charge in [-0.3, -0.25) is 4.79 Å². The maximum absolute atomic E-state index is 12.3. The first-order valence-electron chi connectivity index (χ1n) is 8.35. The summed E-state index contributed by atoms with van der Waals surface area (Å²) in [5.41, 5.74) is -0.202. The molecule has 2 rings (SSSR count). The van der Waals surface area contributed by atoms with Crippen molar-refractivity contribution in [3.8, 4) is 0 Å². The zero-order valence-corrected chi connectivity index (χ0v) is 16.4. The highest BCUT2D eigenvalue weighted by Crippen LogP contribution is 2.36. The minimum atomic E-state index is -3.87. The van der Waals surface area contributed by atoms with Gasteiger partial charge < -0.3 is 9.31 Å². The van der Waals surface area contributed by atoms with Crippen LogP contribution >= 0.6 is 0 Å². The maximum Gasteiger partial charge on any atom is 0.494 e. The van der Waals surface area contributed by atoms with Crippen LogP contribution in [-0.4, -0.2) is 32.6 Å². The normalized spacial score (nSPS) is 19.2. The van der Waals surface area contributed by atoms with Crippen molar-refractivity contribution in [2.45, 2.75) is 64.1 Å². The molecule has 1 amide bonds. The highest BCUT2D eigenvalue weighted by molar-refractivity contribution is 7.90. The average Bonchev–Trinajstić information content (AvgIpc) is 2.66. The van der Waals surface area contributed by atoms with Crippen molar-refractivity contribution in [1.82, 2.24) is 4.72 Å². The third-order valence-corrected chi connectivity index (χ3v) is 5.95. The van der Waals surface area contributed by atoms with E-state index in [4.69, 9.17) is 9.31 Å². The summed E-state index contributed by atoms with van der Waals surface area (Å²) >= 11 is 0. The third-order valence-electron chi connectivity index (χ3n) is 4.56. The van der Waals surface area contributed by atoms with E-state index in [2.05, 4.69) is 4.72 Å². The van der Waals surface area contributed by atoms with Crippen molar-refractivity contribution in [3.05, 3.63) is 24.3 Å². The van der Waals surface area contributed by atoms with Crippen LogP contribution in [0.3, 0.4) is 0 Å². The predicted molar refractivity (Wildman–Crippen MR) is 96.9 cm³/mol. The lowest BCUT2D eigenvalue weighted by Crippen LogP contribution is -2.41. The van der Waals surface area contributed by atoms with E-state index in [9.17, 15) is 13.2 Å². The van der Waals surface area contributed by atoms with Gasteiger partial charge in [-0.15, -0.1) is 0 Å². The molecule has 0 bridgehead atoms. The first-order chi connectivity index (χ1) is 11.3. The second-order valence-corrected chi connectivity index (χ2v) is 9.47. The van der Waals surface area contributed by atoms with Crippen LogP contribution < -0.4 is 10.2 Å². The molecular formula is C17H26BNO5S. The van der Waals surface area contributed by atoms with Gasteiger partial charge in [0.1, 0.15) is 0 Å².